The third kappa shape index (κ3) is 3.11. The normalized spacial score (nSPS) is 10.5. The molecule has 0 aromatic heterocycles. The van der Waals surface area contributed by atoms with E-state index in [9.17, 15) is 0 Å². The summed E-state index contributed by atoms with van der Waals surface area (Å²) >= 11 is 1.78. The van der Waals surface area contributed by atoms with Crippen LogP contribution in [0.15, 0.2) is 52.3 Å². The van der Waals surface area contributed by atoms with Gasteiger partial charge in [-0.2, -0.15) is 0 Å². The topological polar surface area (TPSA) is 26.0 Å². The van der Waals surface area contributed by atoms with Gasteiger partial charge in [-0.1, -0.05) is 47.2 Å². The Morgan fingerprint density at radius 1 is 0.941 bits per heavy atom. The Morgan fingerprint density at radius 3 is 2.24 bits per heavy atom. The summed E-state index contributed by atoms with van der Waals surface area (Å²) in [6.45, 7) is 4.79. The predicted octanol–water partition coefficient (Wildman–Crippen LogP) is 3.91. The molecule has 0 saturated heterocycles. The first-order chi connectivity index (χ1) is 8.19. The molecule has 2 aromatic rings. The van der Waals surface area contributed by atoms with Gasteiger partial charge in [-0.15, -0.1) is 0 Å². The smallest absolute Gasteiger partial charge is 0.0189 e. The summed E-state index contributed by atoms with van der Waals surface area (Å²) in [6, 6.07) is 15.0. The number of hydrogen-bond acceptors (Lipinski definition) is 2. The fourth-order valence-corrected chi connectivity index (χ4v) is 2.64. The number of hydrogen-bond donors (Lipinski definition) is 1. The van der Waals surface area contributed by atoms with Gasteiger partial charge in [0.25, 0.3) is 0 Å². The number of aryl methyl sites for hydroxylation is 2. The van der Waals surface area contributed by atoms with Crippen molar-refractivity contribution in [3.63, 3.8) is 0 Å². The molecule has 0 aliphatic carbocycles. The molecule has 0 saturated carbocycles. The quantitative estimate of drug-likeness (QED) is 0.884. The molecule has 2 rings (SSSR count). The molecule has 88 valence electrons. The molecule has 2 aromatic carbocycles. The van der Waals surface area contributed by atoms with Gasteiger partial charge in [0.2, 0.25) is 0 Å². The van der Waals surface area contributed by atoms with Crippen LogP contribution in [0.25, 0.3) is 0 Å². The molecule has 0 radical (unpaired) electrons. The van der Waals surface area contributed by atoms with E-state index in [0.717, 1.165) is 0 Å². The van der Waals surface area contributed by atoms with Crippen LogP contribution in [0.1, 0.15) is 16.7 Å². The molecule has 2 heteroatoms. The van der Waals surface area contributed by atoms with Gasteiger partial charge >= 0.3 is 0 Å². The number of benzene rings is 2. The van der Waals surface area contributed by atoms with Gasteiger partial charge in [-0.3, -0.25) is 0 Å². The molecule has 0 atom stereocenters. The minimum atomic E-state index is 0.593. The Morgan fingerprint density at radius 2 is 1.59 bits per heavy atom. The molecule has 0 heterocycles. The summed E-state index contributed by atoms with van der Waals surface area (Å²) in [5.74, 6) is 0. The second-order valence-electron chi connectivity index (χ2n) is 4.23. The fourth-order valence-electron chi connectivity index (χ4n) is 1.70. The largest absolute Gasteiger partial charge is 0.326 e. The van der Waals surface area contributed by atoms with Crippen molar-refractivity contribution < 1.29 is 0 Å². The maximum absolute atomic E-state index is 5.78. The van der Waals surface area contributed by atoms with Gasteiger partial charge in [0.05, 0.1) is 0 Å². The van der Waals surface area contributed by atoms with Gasteiger partial charge < -0.3 is 5.73 Å². The van der Waals surface area contributed by atoms with E-state index in [1.807, 2.05) is 0 Å². The maximum Gasteiger partial charge on any atom is 0.0189 e. The predicted molar refractivity (Wildman–Crippen MR) is 74.4 cm³/mol. The van der Waals surface area contributed by atoms with Crippen LogP contribution in [0.4, 0.5) is 0 Å². The van der Waals surface area contributed by atoms with Crippen molar-refractivity contribution in [3.05, 3.63) is 59.2 Å². The second-order valence-corrected chi connectivity index (χ2v) is 5.35. The Kier molecular flexibility index (Phi) is 3.87. The zero-order valence-corrected chi connectivity index (χ0v) is 11.1. The van der Waals surface area contributed by atoms with Crippen molar-refractivity contribution in [1.29, 1.82) is 0 Å². The Bertz CT molecular complexity index is 503. The third-order valence-corrected chi connectivity index (χ3v) is 3.81. The van der Waals surface area contributed by atoms with Crippen molar-refractivity contribution in [2.24, 2.45) is 5.73 Å². The number of nitrogens with two attached hydrogens (primary N) is 1. The van der Waals surface area contributed by atoms with Crippen molar-refractivity contribution in [1.82, 2.24) is 0 Å². The average molecular weight is 243 g/mol. The van der Waals surface area contributed by atoms with E-state index in [0.29, 0.717) is 6.54 Å². The Hall–Kier alpha value is -1.25. The van der Waals surface area contributed by atoms with Crippen LogP contribution >= 0.6 is 11.8 Å². The molecular formula is C15H17NS. The Balaban J connectivity index is 2.26. The highest BCUT2D eigenvalue weighted by atomic mass is 32.2. The number of rotatable bonds is 3. The van der Waals surface area contributed by atoms with Crippen LogP contribution in [-0.2, 0) is 6.54 Å². The summed E-state index contributed by atoms with van der Waals surface area (Å²) in [6.07, 6.45) is 0. The van der Waals surface area contributed by atoms with Crippen molar-refractivity contribution >= 4 is 11.8 Å². The van der Waals surface area contributed by atoms with Crippen molar-refractivity contribution in [2.45, 2.75) is 30.2 Å². The lowest BCUT2D eigenvalue weighted by atomic mass is 10.1. The molecule has 0 bridgehead atoms. The van der Waals surface area contributed by atoms with E-state index in [2.05, 4.69) is 56.3 Å². The van der Waals surface area contributed by atoms with Crippen molar-refractivity contribution in [3.8, 4) is 0 Å². The van der Waals surface area contributed by atoms with E-state index >= 15 is 0 Å². The summed E-state index contributed by atoms with van der Waals surface area (Å²) in [4.78, 5) is 2.51. The highest BCUT2D eigenvalue weighted by Crippen LogP contribution is 2.30. The molecule has 0 spiro atoms. The molecule has 0 aliphatic rings. The third-order valence-electron chi connectivity index (χ3n) is 2.68. The minimum Gasteiger partial charge on any atom is -0.326 e. The first-order valence-corrected chi connectivity index (χ1v) is 6.55. The van der Waals surface area contributed by atoms with Crippen molar-refractivity contribution in [2.75, 3.05) is 0 Å². The molecule has 0 aliphatic heterocycles. The van der Waals surface area contributed by atoms with Gasteiger partial charge in [0.15, 0.2) is 0 Å². The maximum atomic E-state index is 5.78. The highest BCUT2D eigenvalue weighted by Gasteiger charge is 2.03. The monoisotopic (exact) mass is 243 g/mol. The van der Waals surface area contributed by atoms with E-state index in [-0.39, 0.29) is 0 Å². The second kappa shape index (κ2) is 5.39. The summed E-state index contributed by atoms with van der Waals surface area (Å²) < 4.78 is 0. The molecule has 17 heavy (non-hydrogen) atoms. The lowest BCUT2D eigenvalue weighted by Crippen LogP contribution is -1.98. The van der Waals surface area contributed by atoms with Crippen LogP contribution < -0.4 is 5.73 Å². The van der Waals surface area contributed by atoms with Gasteiger partial charge in [0, 0.05) is 16.3 Å². The lowest BCUT2D eigenvalue weighted by molar-refractivity contribution is 1.02. The lowest BCUT2D eigenvalue weighted by Gasteiger charge is -2.08. The van der Waals surface area contributed by atoms with Crippen LogP contribution in [0.2, 0.25) is 0 Å². The molecule has 0 fully saturated rings. The average Bonchev–Trinajstić information content (AvgIpc) is 2.34. The molecular weight excluding hydrogens is 226 g/mol. The molecule has 0 amide bonds. The molecule has 1 nitrogen and oxygen atoms in total. The SMILES string of the molecule is Cc1ccc(Sc2ccc(C)cc2CN)cc1. The van der Waals surface area contributed by atoms with E-state index < -0.39 is 0 Å². The van der Waals surface area contributed by atoms with Crippen LogP contribution in [0.3, 0.4) is 0 Å². The van der Waals surface area contributed by atoms with E-state index in [1.54, 1.807) is 11.8 Å². The van der Waals surface area contributed by atoms with Gasteiger partial charge in [-0.05, 0) is 37.6 Å². The van der Waals surface area contributed by atoms with Gasteiger partial charge in [0.1, 0.15) is 0 Å². The van der Waals surface area contributed by atoms with E-state index in [4.69, 9.17) is 5.73 Å². The zero-order valence-electron chi connectivity index (χ0n) is 10.2. The minimum absolute atomic E-state index is 0.593. The zero-order chi connectivity index (χ0) is 12.3. The van der Waals surface area contributed by atoms with Crippen LogP contribution in [-0.4, -0.2) is 0 Å². The molecule has 2 N–H and O–H groups in total. The fraction of sp³-hybridized carbons (Fsp3) is 0.200. The summed E-state index contributed by atoms with van der Waals surface area (Å²) in [7, 11) is 0. The Labute approximate surface area is 107 Å². The van der Waals surface area contributed by atoms with E-state index in [1.165, 1.54) is 26.5 Å². The standard InChI is InChI=1S/C15H17NS/c1-11-3-6-14(7-4-11)17-15-8-5-12(2)9-13(15)10-16/h3-9H,10,16H2,1-2H3. The summed E-state index contributed by atoms with van der Waals surface area (Å²) in [5, 5.41) is 0. The first-order valence-electron chi connectivity index (χ1n) is 5.73. The first kappa shape index (κ1) is 12.2. The highest BCUT2D eigenvalue weighted by molar-refractivity contribution is 7.99. The summed E-state index contributed by atoms with van der Waals surface area (Å²) in [5.41, 5.74) is 9.55. The molecule has 0 unspecified atom stereocenters. The van der Waals surface area contributed by atoms with Crippen LogP contribution in [0.5, 0.6) is 0 Å². The van der Waals surface area contributed by atoms with Gasteiger partial charge in [-0.25, -0.2) is 0 Å². The van der Waals surface area contributed by atoms with Crippen LogP contribution in [0, 0.1) is 13.8 Å².